The molecule has 0 saturated carbocycles. The van der Waals surface area contributed by atoms with Crippen molar-refractivity contribution >= 4 is 15.7 Å². The van der Waals surface area contributed by atoms with Crippen molar-refractivity contribution in [1.29, 1.82) is 0 Å². The van der Waals surface area contributed by atoms with Crippen LogP contribution in [0.15, 0.2) is 41.3 Å². The van der Waals surface area contributed by atoms with Gasteiger partial charge in [0.1, 0.15) is 0 Å². The molecule has 0 bridgehead atoms. The summed E-state index contributed by atoms with van der Waals surface area (Å²) in [5.41, 5.74) is 3.58. The Morgan fingerprint density at radius 1 is 0.815 bits per heavy atom. The number of methoxy groups -OCH3 is 2. The Labute approximate surface area is 161 Å². The van der Waals surface area contributed by atoms with Crippen LogP contribution in [0.3, 0.4) is 0 Å². The van der Waals surface area contributed by atoms with Crippen molar-refractivity contribution in [3.05, 3.63) is 47.5 Å². The minimum atomic E-state index is -3.57. The van der Waals surface area contributed by atoms with E-state index in [2.05, 4.69) is 36.9 Å². The fourth-order valence-corrected chi connectivity index (χ4v) is 4.88. The van der Waals surface area contributed by atoms with Crippen molar-refractivity contribution in [2.24, 2.45) is 0 Å². The molecule has 1 aliphatic heterocycles. The zero-order valence-corrected chi connectivity index (χ0v) is 17.0. The average Bonchev–Trinajstić information content (AvgIpc) is 2.66. The lowest BCUT2D eigenvalue weighted by Gasteiger charge is -2.35. The molecule has 2 aromatic carbocycles. The third-order valence-corrected chi connectivity index (χ3v) is 6.70. The molecule has 0 radical (unpaired) electrons. The Bertz CT molecular complexity index is 899. The molecule has 1 saturated heterocycles. The predicted molar refractivity (Wildman–Crippen MR) is 106 cm³/mol. The molecular weight excluding hydrogens is 364 g/mol. The van der Waals surface area contributed by atoms with Crippen LogP contribution in [-0.4, -0.2) is 53.1 Å². The summed E-state index contributed by atoms with van der Waals surface area (Å²) >= 11 is 0. The van der Waals surface area contributed by atoms with Gasteiger partial charge in [-0.15, -0.1) is 0 Å². The molecule has 0 unspecified atom stereocenters. The molecule has 0 N–H and O–H groups in total. The van der Waals surface area contributed by atoms with Gasteiger partial charge in [0.25, 0.3) is 0 Å². The molecule has 0 aliphatic carbocycles. The van der Waals surface area contributed by atoms with Crippen LogP contribution in [-0.2, 0) is 10.0 Å². The van der Waals surface area contributed by atoms with Gasteiger partial charge in [-0.1, -0.05) is 6.07 Å². The monoisotopic (exact) mass is 390 g/mol. The van der Waals surface area contributed by atoms with Crippen molar-refractivity contribution in [3.8, 4) is 11.5 Å². The van der Waals surface area contributed by atoms with Crippen LogP contribution in [0.5, 0.6) is 11.5 Å². The normalized spacial score (nSPS) is 15.6. The minimum Gasteiger partial charge on any atom is -0.493 e. The molecule has 1 aliphatic rings. The molecule has 0 amide bonds. The number of sulfonamides is 1. The van der Waals surface area contributed by atoms with Crippen molar-refractivity contribution < 1.29 is 17.9 Å². The van der Waals surface area contributed by atoms with Gasteiger partial charge in [-0.2, -0.15) is 4.31 Å². The lowest BCUT2D eigenvalue weighted by Crippen LogP contribution is -2.48. The van der Waals surface area contributed by atoms with Crippen LogP contribution >= 0.6 is 0 Å². The second-order valence-electron chi connectivity index (χ2n) is 6.75. The Balaban J connectivity index is 1.76. The topological polar surface area (TPSA) is 59.1 Å². The van der Waals surface area contributed by atoms with E-state index in [1.165, 1.54) is 35.7 Å². The van der Waals surface area contributed by atoms with Gasteiger partial charge in [-0.25, -0.2) is 8.42 Å². The van der Waals surface area contributed by atoms with E-state index in [1.807, 2.05) is 0 Å². The summed E-state index contributed by atoms with van der Waals surface area (Å²) in [4.78, 5) is 2.46. The Morgan fingerprint density at radius 3 is 1.96 bits per heavy atom. The van der Waals surface area contributed by atoms with Crippen molar-refractivity contribution in [1.82, 2.24) is 4.31 Å². The first kappa shape index (κ1) is 19.5. The SMILES string of the molecule is COc1ccc(S(=O)(=O)N2CCN(c3cc(C)cc(C)c3)CC2)cc1OC. The zero-order valence-electron chi connectivity index (χ0n) is 16.2. The summed E-state index contributed by atoms with van der Waals surface area (Å²) in [6.45, 7) is 6.38. The highest BCUT2D eigenvalue weighted by Crippen LogP contribution is 2.31. The molecular formula is C20H26N2O4S. The van der Waals surface area contributed by atoms with E-state index in [1.54, 1.807) is 12.1 Å². The highest BCUT2D eigenvalue weighted by atomic mass is 32.2. The number of hydrogen-bond donors (Lipinski definition) is 0. The van der Waals surface area contributed by atoms with E-state index in [9.17, 15) is 8.42 Å². The third-order valence-electron chi connectivity index (χ3n) is 4.80. The van der Waals surface area contributed by atoms with Gasteiger partial charge in [0, 0.05) is 37.9 Å². The second kappa shape index (κ2) is 7.78. The largest absolute Gasteiger partial charge is 0.493 e. The molecule has 1 heterocycles. The summed E-state index contributed by atoms with van der Waals surface area (Å²) in [5.74, 6) is 0.920. The molecule has 7 heteroatoms. The number of benzene rings is 2. The van der Waals surface area contributed by atoms with E-state index < -0.39 is 10.0 Å². The molecule has 3 rings (SSSR count). The Kier molecular flexibility index (Phi) is 5.62. The van der Waals surface area contributed by atoms with Gasteiger partial charge in [-0.3, -0.25) is 0 Å². The van der Waals surface area contributed by atoms with E-state index in [0.29, 0.717) is 37.7 Å². The molecule has 6 nitrogen and oxygen atoms in total. The minimum absolute atomic E-state index is 0.222. The van der Waals surface area contributed by atoms with Gasteiger partial charge in [0.15, 0.2) is 11.5 Å². The van der Waals surface area contributed by atoms with Crippen molar-refractivity contribution in [2.45, 2.75) is 18.7 Å². The lowest BCUT2D eigenvalue weighted by molar-refractivity contribution is 0.353. The Hall–Kier alpha value is -2.25. The van der Waals surface area contributed by atoms with Gasteiger partial charge in [0.05, 0.1) is 19.1 Å². The first-order valence-corrected chi connectivity index (χ1v) is 10.3. The zero-order chi connectivity index (χ0) is 19.6. The van der Waals surface area contributed by atoms with Crippen LogP contribution in [0, 0.1) is 13.8 Å². The molecule has 2 aromatic rings. The number of aryl methyl sites for hydroxylation is 2. The standard InChI is InChI=1S/C20H26N2O4S/c1-15-11-16(2)13-17(12-15)21-7-9-22(10-8-21)27(23,24)18-5-6-19(25-3)20(14-18)26-4/h5-6,11-14H,7-10H2,1-4H3. The molecule has 146 valence electrons. The maximum absolute atomic E-state index is 13.0. The van der Waals surface area contributed by atoms with E-state index in [4.69, 9.17) is 9.47 Å². The maximum Gasteiger partial charge on any atom is 0.243 e. The molecule has 0 aromatic heterocycles. The molecule has 0 atom stereocenters. The lowest BCUT2D eigenvalue weighted by atomic mass is 10.1. The van der Waals surface area contributed by atoms with Crippen LogP contribution in [0.4, 0.5) is 5.69 Å². The molecule has 1 fully saturated rings. The maximum atomic E-state index is 13.0. The Morgan fingerprint density at radius 2 is 1.41 bits per heavy atom. The fourth-order valence-electron chi connectivity index (χ4n) is 3.45. The number of nitrogens with zero attached hydrogens (tertiary/aromatic N) is 2. The van der Waals surface area contributed by atoms with E-state index in [0.717, 1.165) is 5.69 Å². The number of hydrogen-bond acceptors (Lipinski definition) is 5. The summed E-state index contributed by atoms with van der Waals surface area (Å²) < 4.78 is 38.0. The summed E-state index contributed by atoms with van der Waals surface area (Å²) in [5, 5.41) is 0. The number of piperazine rings is 1. The quantitative estimate of drug-likeness (QED) is 0.786. The average molecular weight is 391 g/mol. The second-order valence-corrected chi connectivity index (χ2v) is 8.69. The highest BCUT2D eigenvalue weighted by Gasteiger charge is 2.29. The molecule has 0 spiro atoms. The number of anilines is 1. The number of rotatable bonds is 5. The molecule has 27 heavy (non-hydrogen) atoms. The van der Waals surface area contributed by atoms with Crippen LogP contribution < -0.4 is 14.4 Å². The first-order valence-electron chi connectivity index (χ1n) is 8.90. The fraction of sp³-hybridized carbons (Fsp3) is 0.400. The van der Waals surface area contributed by atoms with Crippen LogP contribution in [0.2, 0.25) is 0 Å². The highest BCUT2D eigenvalue weighted by molar-refractivity contribution is 7.89. The van der Waals surface area contributed by atoms with Crippen molar-refractivity contribution in [2.75, 3.05) is 45.3 Å². The van der Waals surface area contributed by atoms with Crippen LogP contribution in [0.1, 0.15) is 11.1 Å². The van der Waals surface area contributed by atoms with Gasteiger partial charge in [0.2, 0.25) is 10.0 Å². The third kappa shape index (κ3) is 4.04. The van der Waals surface area contributed by atoms with Gasteiger partial charge in [-0.05, 0) is 49.2 Å². The van der Waals surface area contributed by atoms with E-state index >= 15 is 0 Å². The summed E-state index contributed by atoms with van der Waals surface area (Å²) in [6, 6.07) is 11.1. The predicted octanol–water partition coefficient (Wildman–Crippen LogP) is 2.83. The van der Waals surface area contributed by atoms with Gasteiger partial charge >= 0.3 is 0 Å². The smallest absolute Gasteiger partial charge is 0.243 e. The van der Waals surface area contributed by atoms with Crippen molar-refractivity contribution in [3.63, 3.8) is 0 Å². The first-order chi connectivity index (χ1) is 12.8. The summed E-state index contributed by atoms with van der Waals surface area (Å²) in [6.07, 6.45) is 0. The number of ether oxygens (including phenoxy) is 2. The van der Waals surface area contributed by atoms with E-state index in [-0.39, 0.29) is 4.90 Å². The summed E-state index contributed by atoms with van der Waals surface area (Å²) in [7, 11) is -0.548. The van der Waals surface area contributed by atoms with Gasteiger partial charge < -0.3 is 14.4 Å². The van der Waals surface area contributed by atoms with Crippen LogP contribution in [0.25, 0.3) is 0 Å².